The number of aromatic amines is 1. The van der Waals surface area contributed by atoms with Crippen molar-refractivity contribution in [1.82, 2.24) is 25.5 Å². The number of alkyl halides is 3. The summed E-state index contributed by atoms with van der Waals surface area (Å²) in [6.07, 6.45) is 0.193. The van der Waals surface area contributed by atoms with Gasteiger partial charge >= 0.3 is 12.2 Å². The number of hydrogen-bond donors (Lipinski definition) is 3. The third kappa shape index (κ3) is 4.23. The molecule has 0 aliphatic carbocycles. The van der Waals surface area contributed by atoms with E-state index >= 15 is 0 Å². The Morgan fingerprint density at radius 2 is 1.86 bits per heavy atom. The summed E-state index contributed by atoms with van der Waals surface area (Å²) in [6.45, 7) is 1.39. The lowest BCUT2D eigenvalue weighted by Gasteiger charge is -2.33. The van der Waals surface area contributed by atoms with Crippen LogP contribution < -0.4 is 15.5 Å². The Morgan fingerprint density at radius 3 is 2.55 bits per heavy atom. The molecule has 152 valence electrons. The van der Waals surface area contributed by atoms with Gasteiger partial charge in [-0.1, -0.05) is 0 Å². The summed E-state index contributed by atoms with van der Waals surface area (Å²) >= 11 is 0. The van der Waals surface area contributed by atoms with E-state index in [1.165, 1.54) is 18.5 Å². The minimum atomic E-state index is -4.40. The number of benzene rings is 1. The maximum Gasteiger partial charge on any atom is 0.416 e. The van der Waals surface area contributed by atoms with E-state index in [-0.39, 0.29) is 6.04 Å². The van der Waals surface area contributed by atoms with Gasteiger partial charge in [0.15, 0.2) is 5.65 Å². The average Bonchev–Trinajstić information content (AvgIpc) is 3.17. The Bertz CT molecular complexity index is 995. The van der Waals surface area contributed by atoms with E-state index in [0.29, 0.717) is 37.3 Å². The van der Waals surface area contributed by atoms with E-state index in [9.17, 15) is 18.0 Å². The van der Waals surface area contributed by atoms with Crippen LogP contribution in [-0.2, 0) is 6.18 Å². The predicted octanol–water partition coefficient (Wildman–Crippen LogP) is 3.16. The Hall–Kier alpha value is -3.37. The fourth-order valence-corrected chi connectivity index (χ4v) is 3.33. The molecule has 11 heteroatoms. The number of aromatic nitrogens is 4. The molecule has 3 N–H and O–H groups in total. The standard InChI is InChI=1S/C18H18F3N7O/c19-18(20,21)11-1-3-12(4-2-11)25-17(29)26-13-5-7-28(8-6-13)16-14-9-24-27-15(14)22-10-23-16/h1-4,9-10,13H,5-8H2,(H2,25,26,29)(H,22,23,24,27). The third-order valence-corrected chi connectivity index (χ3v) is 4.83. The lowest BCUT2D eigenvalue weighted by Crippen LogP contribution is -2.46. The molecule has 1 aromatic carbocycles. The Labute approximate surface area is 163 Å². The molecule has 1 fully saturated rings. The highest BCUT2D eigenvalue weighted by Crippen LogP contribution is 2.30. The van der Waals surface area contributed by atoms with Gasteiger partial charge in [-0.05, 0) is 37.1 Å². The summed E-state index contributed by atoms with van der Waals surface area (Å²) in [4.78, 5) is 22.7. The minimum absolute atomic E-state index is 0.0395. The second-order valence-electron chi connectivity index (χ2n) is 6.76. The van der Waals surface area contributed by atoms with Gasteiger partial charge in [-0.2, -0.15) is 18.3 Å². The minimum Gasteiger partial charge on any atom is -0.356 e. The highest BCUT2D eigenvalue weighted by Gasteiger charge is 2.30. The number of nitrogens with zero attached hydrogens (tertiary/aromatic N) is 4. The first kappa shape index (κ1) is 19.0. The summed E-state index contributed by atoms with van der Waals surface area (Å²) in [5.41, 5.74) is 0.217. The zero-order chi connectivity index (χ0) is 20.4. The Balaban J connectivity index is 1.30. The fraction of sp³-hybridized carbons (Fsp3) is 0.333. The second-order valence-corrected chi connectivity index (χ2v) is 6.76. The summed E-state index contributed by atoms with van der Waals surface area (Å²) in [7, 11) is 0. The highest BCUT2D eigenvalue weighted by molar-refractivity contribution is 5.89. The second kappa shape index (κ2) is 7.57. The number of fused-ring (bicyclic) bond motifs is 1. The molecular formula is C18H18F3N7O. The first-order chi connectivity index (χ1) is 13.9. The van der Waals surface area contributed by atoms with Crippen molar-refractivity contribution in [3.63, 3.8) is 0 Å². The maximum absolute atomic E-state index is 12.6. The summed E-state index contributed by atoms with van der Waals surface area (Å²) in [5, 5.41) is 13.1. The molecule has 2 amide bonds. The van der Waals surface area contributed by atoms with Gasteiger partial charge in [-0.15, -0.1) is 0 Å². The molecule has 0 saturated carbocycles. The number of anilines is 2. The van der Waals surface area contributed by atoms with Gasteiger partial charge in [-0.3, -0.25) is 5.10 Å². The van der Waals surface area contributed by atoms with E-state index in [4.69, 9.17) is 0 Å². The fourth-order valence-electron chi connectivity index (χ4n) is 3.33. The number of carbonyl (C=O) groups is 1. The molecular weight excluding hydrogens is 387 g/mol. The molecule has 0 bridgehead atoms. The van der Waals surface area contributed by atoms with Crippen molar-refractivity contribution < 1.29 is 18.0 Å². The topological polar surface area (TPSA) is 98.8 Å². The van der Waals surface area contributed by atoms with Crippen molar-refractivity contribution in [2.24, 2.45) is 0 Å². The van der Waals surface area contributed by atoms with E-state index in [1.807, 2.05) is 0 Å². The van der Waals surface area contributed by atoms with Crippen LogP contribution in [0.25, 0.3) is 11.0 Å². The van der Waals surface area contributed by atoms with Crippen LogP contribution in [0.4, 0.5) is 29.5 Å². The SMILES string of the molecule is O=C(Nc1ccc(C(F)(F)F)cc1)NC1CCN(c2ncnc3[nH]ncc23)CC1. The largest absolute Gasteiger partial charge is 0.416 e. The van der Waals surface area contributed by atoms with Gasteiger partial charge in [0.05, 0.1) is 17.1 Å². The van der Waals surface area contributed by atoms with Gasteiger partial charge in [0.25, 0.3) is 0 Å². The number of H-pyrrole nitrogens is 1. The zero-order valence-corrected chi connectivity index (χ0v) is 15.2. The van der Waals surface area contributed by atoms with Crippen molar-refractivity contribution in [1.29, 1.82) is 0 Å². The number of rotatable bonds is 3. The number of piperidine rings is 1. The average molecular weight is 405 g/mol. The van der Waals surface area contributed by atoms with Crippen LogP contribution in [0, 0.1) is 0 Å². The number of urea groups is 1. The van der Waals surface area contributed by atoms with Crippen LogP contribution in [-0.4, -0.2) is 45.3 Å². The van der Waals surface area contributed by atoms with Crippen LogP contribution in [0.15, 0.2) is 36.8 Å². The number of nitrogens with one attached hydrogen (secondary N) is 3. The molecule has 29 heavy (non-hydrogen) atoms. The molecule has 1 aliphatic heterocycles. The molecule has 1 aliphatic rings. The van der Waals surface area contributed by atoms with Crippen molar-refractivity contribution in [3.8, 4) is 0 Å². The number of carbonyl (C=O) groups excluding carboxylic acids is 1. The Morgan fingerprint density at radius 1 is 1.14 bits per heavy atom. The molecule has 2 aromatic heterocycles. The van der Waals surface area contributed by atoms with E-state index in [2.05, 4.69) is 35.7 Å². The molecule has 8 nitrogen and oxygen atoms in total. The van der Waals surface area contributed by atoms with Crippen LogP contribution in [0.2, 0.25) is 0 Å². The van der Waals surface area contributed by atoms with Gasteiger partial charge in [-0.25, -0.2) is 14.8 Å². The molecule has 1 saturated heterocycles. The quantitative estimate of drug-likeness (QED) is 0.622. The third-order valence-electron chi connectivity index (χ3n) is 4.83. The van der Waals surface area contributed by atoms with Gasteiger partial charge in [0.1, 0.15) is 12.1 Å². The maximum atomic E-state index is 12.6. The van der Waals surface area contributed by atoms with Crippen molar-refractivity contribution in [2.75, 3.05) is 23.3 Å². The van der Waals surface area contributed by atoms with Gasteiger partial charge < -0.3 is 15.5 Å². The molecule has 0 atom stereocenters. The van der Waals surface area contributed by atoms with Crippen LogP contribution >= 0.6 is 0 Å². The number of hydrogen-bond acceptors (Lipinski definition) is 5. The van der Waals surface area contributed by atoms with Crippen molar-refractivity contribution >= 4 is 28.6 Å². The molecule has 0 radical (unpaired) electrons. The van der Waals surface area contributed by atoms with E-state index in [1.54, 1.807) is 6.20 Å². The van der Waals surface area contributed by atoms with Crippen LogP contribution in [0.5, 0.6) is 0 Å². The number of halogens is 3. The molecule has 3 heterocycles. The van der Waals surface area contributed by atoms with Crippen molar-refractivity contribution in [3.05, 3.63) is 42.4 Å². The highest BCUT2D eigenvalue weighted by atomic mass is 19.4. The van der Waals surface area contributed by atoms with Gasteiger partial charge in [0, 0.05) is 24.8 Å². The van der Waals surface area contributed by atoms with Gasteiger partial charge in [0.2, 0.25) is 0 Å². The molecule has 3 aromatic rings. The lowest BCUT2D eigenvalue weighted by atomic mass is 10.1. The Kier molecular flexibility index (Phi) is 4.95. The summed E-state index contributed by atoms with van der Waals surface area (Å²) in [5.74, 6) is 0.802. The first-order valence-corrected chi connectivity index (χ1v) is 9.04. The monoisotopic (exact) mass is 405 g/mol. The summed E-state index contributed by atoms with van der Waals surface area (Å²) in [6, 6.07) is 3.86. The zero-order valence-electron chi connectivity index (χ0n) is 15.2. The van der Waals surface area contributed by atoms with E-state index < -0.39 is 17.8 Å². The lowest BCUT2D eigenvalue weighted by molar-refractivity contribution is -0.137. The van der Waals surface area contributed by atoms with Crippen LogP contribution in [0.3, 0.4) is 0 Å². The van der Waals surface area contributed by atoms with E-state index in [0.717, 1.165) is 23.3 Å². The smallest absolute Gasteiger partial charge is 0.356 e. The normalized spacial score (nSPS) is 15.5. The number of amides is 2. The molecule has 0 spiro atoms. The van der Waals surface area contributed by atoms with Crippen LogP contribution in [0.1, 0.15) is 18.4 Å². The van der Waals surface area contributed by atoms with Crippen molar-refractivity contribution in [2.45, 2.75) is 25.1 Å². The molecule has 4 rings (SSSR count). The predicted molar refractivity (Wildman–Crippen MR) is 101 cm³/mol. The molecule has 0 unspecified atom stereocenters. The first-order valence-electron chi connectivity index (χ1n) is 9.04. The summed E-state index contributed by atoms with van der Waals surface area (Å²) < 4.78 is 37.8.